The standard InChI is InChI=1S/C40H44BrN3O2S/c1-46-39-36(26-32-25-34(41)19-20-37(32)42-39)38(31-15-7-3-8-16-31)40(45,33-17-9-4-10-18-33)21-11-12-22-43-23-24-44(35(28-43)29-47)27-30-13-5-2-6-14-30/h2-10,13-20,25-26,35,38,45,47H,11-12,21-24,27-29H2,1H3. The van der Waals surface area contributed by atoms with Gasteiger partial charge in [0.15, 0.2) is 0 Å². The fourth-order valence-corrected chi connectivity index (χ4v) is 7.87. The third-order valence-electron chi connectivity index (χ3n) is 9.57. The minimum absolute atomic E-state index is 0.396. The maximum Gasteiger partial charge on any atom is 0.217 e. The van der Waals surface area contributed by atoms with Crippen molar-refractivity contribution in [2.24, 2.45) is 0 Å². The zero-order valence-electron chi connectivity index (χ0n) is 27.0. The molecule has 1 saturated heterocycles. The van der Waals surface area contributed by atoms with Crippen molar-refractivity contribution in [3.05, 3.63) is 142 Å². The van der Waals surface area contributed by atoms with Gasteiger partial charge < -0.3 is 14.7 Å². The number of rotatable bonds is 13. The van der Waals surface area contributed by atoms with Gasteiger partial charge >= 0.3 is 0 Å². The number of unbranched alkanes of at least 4 members (excludes halogenated alkanes) is 1. The van der Waals surface area contributed by atoms with Gasteiger partial charge in [0.1, 0.15) is 5.60 Å². The van der Waals surface area contributed by atoms with Gasteiger partial charge in [0.2, 0.25) is 5.88 Å². The summed E-state index contributed by atoms with van der Waals surface area (Å²) in [5, 5.41) is 14.1. The van der Waals surface area contributed by atoms with Gasteiger partial charge in [-0.05, 0) is 66.8 Å². The molecular weight excluding hydrogens is 666 g/mol. The van der Waals surface area contributed by atoms with Gasteiger partial charge in [-0.3, -0.25) is 4.90 Å². The number of piperazine rings is 1. The van der Waals surface area contributed by atoms with Gasteiger partial charge in [0.25, 0.3) is 0 Å². The third kappa shape index (κ3) is 7.93. The number of benzene rings is 4. The molecule has 1 N–H and O–H groups in total. The molecule has 1 aliphatic heterocycles. The highest BCUT2D eigenvalue weighted by molar-refractivity contribution is 9.10. The van der Waals surface area contributed by atoms with E-state index < -0.39 is 11.5 Å². The van der Waals surface area contributed by atoms with Crippen LogP contribution in [-0.4, -0.2) is 65.0 Å². The first-order valence-electron chi connectivity index (χ1n) is 16.6. The van der Waals surface area contributed by atoms with Gasteiger partial charge in [-0.2, -0.15) is 12.6 Å². The molecule has 1 fully saturated rings. The predicted octanol–water partition coefficient (Wildman–Crippen LogP) is 8.31. The first-order chi connectivity index (χ1) is 23.0. The number of ether oxygens (including phenoxy) is 1. The van der Waals surface area contributed by atoms with Crippen molar-refractivity contribution in [2.75, 3.05) is 39.0 Å². The van der Waals surface area contributed by atoms with Crippen LogP contribution in [0.4, 0.5) is 0 Å². The Morgan fingerprint density at radius 3 is 2.32 bits per heavy atom. The second-order valence-corrected chi connectivity index (χ2v) is 13.9. The molecule has 0 amide bonds. The van der Waals surface area contributed by atoms with Crippen LogP contribution in [0.5, 0.6) is 5.88 Å². The van der Waals surface area contributed by atoms with Crippen LogP contribution in [0.1, 0.15) is 47.4 Å². The highest BCUT2D eigenvalue weighted by Gasteiger charge is 2.42. The number of halogens is 1. The predicted molar refractivity (Wildman–Crippen MR) is 199 cm³/mol. The molecule has 0 saturated carbocycles. The molecule has 0 bridgehead atoms. The fraction of sp³-hybridized carbons (Fsp3) is 0.325. The Morgan fingerprint density at radius 2 is 1.62 bits per heavy atom. The van der Waals surface area contributed by atoms with Gasteiger partial charge in [-0.15, -0.1) is 0 Å². The van der Waals surface area contributed by atoms with Crippen molar-refractivity contribution in [2.45, 2.75) is 43.4 Å². The molecule has 5 nitrogen and oxygen atoms in total. The second-order valence-electron chi connectivity index (χ2n) is 12.6. The van der Waals surface area contributed by atoms with Gasteiger partial charge in [0, 0.05) is 59.3 Å². The minimum Gasteiger partial charge on any atom is -0.481 e. The lowest BCUT2D eigenvalue weighted by molar-refractivity contribution is 0.00574. The van der Waals surface area contributed by atoms with Crippen LogP contribution in [-0.2, 0) is 12.1 Å². The molecule has 2 heterocycles. The normalized spacial score (nSPS) is 17.7. The Labute approximate surface area is 293 Å². The maximum atomic E-state index is 13.1. The summed E-state index contributed by atoms with van der Waals surface area (Å²) in [7, 11) is 1.66. The van der Waals surface area contributed by atoms with E-state index in [1.165, 1.54) is 5.56 Å². The van der Waals surface area contributed by atoms with Crippen LogP contribution in [0, 0.1) is 0 Å². The van der Waals surface area contributed by atoms with Crippen LogP contribution >= 0.6 is 28.6 Å². The Kier molecular flexibility index (Phi) is 11.3. The number of aromatic nitrogens is 1. The lowest BCUT2D eigenvalue weighted by Crippen LogP contribution is -2.53. The lowest BCUT2D eigenvalue weighted by atomic mass is 9.71. The molecule has 1 aliphatic rings. The summed E-state index contributed by atoms with van der Waals surface area (Å²) in [4.78, 5) is 10.1. The quantitative estimate of drug-likeness (QED) is 0.0952. The molecule has 1 aromatic heterocycles. The third-order valence-corrected chi connectivity index (χ3v) is 10.5. The van der Waals surface area contributed by atoms with Crippen molar-refractivity contribution in [3.8, 4) is 5.88 Å². The van der Waals surface area contributed by atoms with Gasteiger partial charge in [-0.25, -0.2) is 4.98 Å². The van der Waals surface area contributed by atoms with Crippen LogP contribution in [0.2, 0.25) is 0 Å². The average Bonchev–Trinajstić information content (AvgIpc) is 3.11. The fourth-order valence-electron chi connectivity index (χ4n) is 7.15. The lowest BCUT2D eigenvalue weighted by Gasteiger charge is -2.41. The van der Waals surface area contributed by atoms with E-state index in [1.807, 2.05) is 48.5 Å². The van der Waals surface area contributed by atoms with E-state index in [2.05, 4.69) is 92.5 Å². The number of methoxy groups -OCH3 is 1. The summed E-state index contributed by atoms with van der Waals surface area (Å²) in [6, 6.07) is 39.8. The molecular formula is C40H44BrN3O2S. The number of thiol groups is 1. The zero-order valence-corrected chi connectivity index (χ0v) is 29.5. The summed E-state index contributed by atoms with van der Waals surface area (Å²) in [5.41, 5.74) is 3.81. The Bertz CT molecular complexity index is 1730. The number of hydrogen-bond acceptors (Lipinski definition) is 6. The Morgan fingerprint density at radius 1 is 0.915 bits per heavy atom. The highest BCUT2D eigenvalue weighted by atomic mass is 79.9. The molecule has 0 radical (unpaired) electrons. The van der Waals surface area contributed by atoms with Crippen LogP contribution in [0.15, 0.2) is 120 Å². The molecule has 7 heteroatoms. The number of hydrogen-bond donors (Lipinski definition) is 2. The smallest absolute Gasteiger partial charge is 0.217 e. The number of pyridine rings is 1. The second kappa shape index (κ2) is 15.8. The molecule has 47 heavy (non-hydrogen) atoms. The molecule has 3 atom stereocenters. The number of aliphatic hydroxyl groups is 1. The zero-order chi connectivity index (χ0) is 32.6. The van der Waals surface area contributed by atoms with E-state index in [0.717, 1.165) is 83.4 Å². The van der Waals surface area contributed by atoms with E-state index in [4.69, 9.17) is 22.3 Å². The van der Waals surface area contributed by atoms with E-state index in [9.17, 15) is 5.11 Å². The van der Waals surface area contributed by atoms with E-state index >= 15 is 0 Å². The van der Waals surface area contributed by atoms with Crippen molar-refractivity contribution >= 4 is 39.5 Å². The summed E-state index contributed by atoms with van der Waals surface area (Å²) in [6.45, 7) is 5.06. The van der Waals surface area contributed by atoms with Crippen molar-refractivity contribution in [1.29, 1.82) is 0 Å². The SMILES string of the molecule is COc1nc2ccc(Br)cc2cc1C(c1ccccc1)C(O)(CCCCN1CCN(Cc2ccccc2)C(CS)C1)c1ccccc1. The molecule has 3 unspecified atom stereocenters. The molecule has 6 rings (SSSR count). The Balaban J connectivity index is 1.25. The average molecular weight is 711 g/mol. The number of fused-ring (bicyclic) bond motifs is 1. The minimum atomic E-state index is -1.20. The van der Waals surface area contributed by atoms with Crippen molar-refractivity contribution in [3.63, 3.8) is 0 Å². The molecule has 5 aromatic rings. The summed E-state index contributed by atoms with van der Waals surface area (Å²) < 4.78 is 6.92. The van der Waals surface area contributed by atoms with E-state index in [-0.39, 0.29) is 0 Å². The van der Waals surface area contributed by atoms with Crippen LogP contribution in [0.25, 0.3) is 10.9 Å². The van der Waals surface area contributed by atoms with Crippen molar-refractivity contribution < 1.29 is 9.84 Å². The number of nitrogens with zero attached hydrogens (tertiary/aromatic N) is 3. The summed E-state index contributed by atoms with van der Waals surface area (Å²) in [6.07, 6.45) is 2.47. The maximum absolute atomic E-state index is 13.1. The van der Waals surface area contributed by atoms with Gasteiger partial charge in [0.05, 0.1) is 12.6 Å². The first-order valence-corrected chi connectivity index (χ1v) is 18.0. The van der Waals surface area contributed by atoms with Gasteiger partial charge in [-0.1, -0.05) is 107 Å². The topological polar surface area (TPSA) is 48.8 Å². The highest BCUT2D eigenvalue weighted by Crippen LogP contribution is 2.48. The molecule has 0 aliphatic carbocycles. The Hall–Kier alpha value is -3.20. The van der Waals surface area contributed by atoms with Crippen molar-refractivity contribution in [1.82, 2.24) is 14.8 Å². The first kappa shape index (κ1) is 33.7. The molecule has 0 spiro atoms. The largest absolute Gasteiger partial charge is 0.481 e. The van der Waals surface area contributed by atoms with E-state index in [1.54, 1.807) is 7.11 Å². The summed E-state index contributed by atoms with van der Waals surface area (Å²) >= 11 is 8.37. The van der Waals surface area contributed by atoms with Crippen LogP contribution in [0.3, 0.4) is 0 Å². The molecule has 244 valence electrons. The van der Waals surface area contributed by atoms with E-state index in [0.29, 0.717) is 18.3 Å². The summed E-state index contributed by atoms with van der Waals surface area (Å²) in [5.74, 6) is 0.981. The molecule has 4 aromatic carbocycles. The van der Waals surface area contributed by atoms with Crippen LogP contribution < -0.4 is 4.74 Å². The monoisotopic (exact) mass is 709 g/mol.